The summed E-state index contributed by atoms with van der Waals surface area (Å²) in [4.78, 5) is 4.58. The van der Waals surface area contributed by atoms with Crippen LogP contribution in [-0.4, -0.2) is 29.0 Å². The van der Waals surface area contributed by atoms with E-state index in [1.165, 1.54) is 0 Å². The first-order chi connectivity index (χ1) is 9.13. The largest absolute Gasteiger partial charge is 0.497 e. The number of hydrogen-bond donors (Lipinski definition) is 1. The molecule has 1 aromatic carbocycles. The Morgan fingerprint density at radius 2 is 1.95 bits per heavy atom. The number of ether oxygens (including phenoxy) is 2. The van der Waals surface area contributed by atoms with Gasteiger partial charge < -0.3 is 15.2 Å². The Balaban J connectivity index is 2.45. The van der Waals surface area contributed by atoms with Crippen LogP contribution in [0.3, 0.4) is 0 Å². The van der Waals surface area contributed by atoms with E-state index in [9.17, 15) is 0 Å². The van der Waals surface area contributed by atoms with Crippen molar-refractivity contribution in [1.82, 2.24) is 14.8 Å². The lowest BCUT2D eigenvalue weighted by Crippen LogP contribution is -1.95. The first-order valence-electron chi connectivity index (χ1n) is 5.79. The molecule has 0 atom stereocenters. The zero-order valence-corrected chi connectivity index (χ0v) is 11.0. The van der Waals surface area contributed by atoms with Crippen LogP contribution in [0.4, 0.5) is 5.82 Å². The molecule has 0 amide bonds. The summed E-state index contributed by atoms with van der Waals surface area (Å²) in [5.74, 6) is 1.85. The van der Waals surface area contributed by atoms with Gasteiger partial charge in [-0.25, -0.2) is 9.67 Å². The molecule has 6 heteroatoms. The van der Waals surface area contributed by atoms with Crippen molar-refractivity contribution in [3.05, 3.63) is 18.2 Å². The number of aromatic nitrogens is 3. The highest BCUT2D eigenvalue weighted by Gasteiger charge is 2.12. The van der Waals surface area contributed by atoms with Crippen molar-refractivity contribution in [1.29, 1.82) is 0 Å². The Kier molecular flexibility index (Phi) is 2.45. The quantitative estimate of drug-likeness (QED) is 0.757. The number of fused-ring (bicyclic) bond motifs is 2. The minimum atomic E-state index is 0.466. The number of nitrogens with two attached hydrogens (primary N) is 1. The van der Waals surface area contributed by atoms with Crippen molar-refractivity contribution in [2.45, 2.75) is 0 Å². The van der Waals surface area contributed by atoms with Crippen LogP contribution in [0.1, 0.15) is 0 Å². The molecule has 2 aromatic heterocycles. The van der Waals surface area contributed by atoms with Gasteiger partial charge in [-0.3, -0.25) is 0 Å². The van der Waals surface area contributed by atoms with Gasteiger partial charge in [-0.15, -0.1) is 0 Å². The van der Waals surface area contributed by atoms with Crippen molar-refractivity contribution in [3.8, 4) is 11.5 Å². The van der Waals surface area contributed by atoms with Gasteiger partial charge in [0.05, 0.1) is 19.6 Å². The van der Waals surface area contributed by atoms with E-state index in [-0.39, 0.29) is 0 Å². The number of nitrogens with zero attached hydrogens (tertiary/aromatic N) is 3. The van der Waals surface area contributed by atoms with E-state index in [1.807, 2.05) is 19.2 Å². The fourth-order valence-corrected chi connectivity index (χ4v) is 2.19. The van der Waals surface area contributed by atoms with Crippen LogP contribution >= 0.6 is 0 Å². The highest BCUT2D eigenvalue weighted by molar-refractivity contribution is 5.99. The molecule has 6 nitrogen and oxygen atoms in total. The summed E-state index contributed by atoms with van der Waals surface area (Å²) in [6.45, 7) is 0. The van der Waals surface area contributed by atoms with Gasteiger partial charge in [0, 0.05) is 18.5 Å². The molecule has 0 aliphatic rings. The number of nitrogen functional groups attached to an aromatic ring is 1. The van der Waals surface area contributed by atoms with E-state index in [2.05, 4.69) is 10.1 Å². The van der Waals surface area contributed by atoms with Gasteiger partial charge in [0.15, 0.2) is 11.5 Å². The topological polar surface area (TPSA) is 75.2 Å². The molecule has 3 rings (SSSR count). The third-order valence-electron chi connectivity index (χ3n) is 3.13. The molecule has 0 spiro atoms. The van der Waals surface area contributed by atoms with Gasteiger partial charge in [0.2, 0.25) is 0 Å². The molecule has 2 N–H and O–H groups in total. The summed E-state index contributed by atoms with van der Waals surface area (Å²) in [6, 6.07) is 5.66. The minimum absolute atomic E-state index is 0.466. The molecule has 0 fully saturated rings. The highest BCUT2D eigenvalue weighted by atomic mass is 16.5. The van der Waals surface area contributed by atoms with Crippen LogP contribution in [0.25, 0.3) is 21.9 Å². The molecular weight excluding hydrogens is 244 g/mol. The van der Waals surface area contributed by atoms with Gasteiger partial charge in [-0.1, -0.05) is 0 Å². The SMILES string of the molecule is COc1cc(OC)c2nc3c(cc2c1)c(N)nn3C. The Morgan fingerprint density at radius 1 is 1.16 bits per heavy atom. The van der Waals surface area contributed by atoms with Gasteiger partial charge in [-0.05, 0) is 12.1 Å². The first-order valence-corrected chi connectivity index (χ1v) is 5.79. The maximum absolute atomic E-state index is 5.87. The lowest BCUT2D eigenvalue weighted by Gasteiger charge is -2.08. The number of benzene rings is 1. The molecule has 0 saturated heterocycles. The summed E-state index contributed by atoms with van der Waals surface area (Å²) in [6.07, 6.45) is 0. The van der Waals surface area contributed by atoms with E-state index in [1.54, 1.807) is 25.0 Å². The Morgan fingerprint density at radius 3 is 2.63 bits per heavy atom. The highest BCUT2D eigenvalue weighted by Crippen LogP contribution is 2.32. The molecule has 98 valence electrons. The van der Waals surface area contributed by atoms with Crippen LogP contribution in [0, 0.1) is 0 Å². The van der Waals surface area contributed by atoms with Crippen molar-refractivity contribution in [2.24, 2.45) is 7.05 Å². The lowest BCUT2D eigenvalue weighted by atomic mass is 10.1. The monoisotopic (exact) mass is 258 g/mol. The van der Waals surface area contributed by atoms with Gasteiger partial charge in [0.25, 0.3) is 0 Å². The number of pyridine rings is 1. The predicted octanol–water partition coefficient (Wildman–Crippen LogP) is 1.72. The molecule has 3 aromatic rings. The van der Waals surface area contributed by atoms with Crippen LogP contribution in [0.15, 0.2) is 18.2 Å². The molecular formula is C13H14N4O2. The van der Waals surface area contributed by atoms with E-state index in [4.69, 9.17) is 15.2 Å². The number of aryl methyl sites for hydroxylation is 1. The minimum Gasteiger partial charge on any atom is -0.497 e. The fraction of sp³-hybridized carbons (Fsp3) is 0.231. The van der Waals surface area contributed by atoms with E-state index < -0.39 is 0 Å². The van der Waals surface area contributed by atoms with Crippen molar-refractivity contribution < 1.29 is 9.47 Å². The first kappa shape index (κ1) is 11.6. The second-order valence-electron chi connectivity index (χ2n) is 4.27. The van der Waals surface area contributed by atoms with Crippen LogP contribution in [0.5, 0.6) is 11.5 Å². The predicted molar refractivity (Wildman–Crippen MR) is 73.5 cm³/mol. The second-order valence-corrected chi connectivity index (χ2v) is 4.27. The Labute approximate surface area is 109 Å². The van der Waals surface area contributed by atoms with Crippen LogP contribution in [-0.2, 0) is 7.05 Å². The summed E-state index contributed by atoms with van der Waals surface area (Å²) >= 11 is 0. The third kappa shape index (κ3) is 1.64. The maximum atomic E-state index is 5.87. The molecule has 0 saturated carbocycles. The summed E-state index contributed by atoms with van der Waals surface area (Å²) in [5, 5.41) is 5.90. The molecule has 2 heterocycles. The van der Waals surface area contributed by atoms with Gasteiger partial charge in [0.1, 0.15) is 17.0 Å². The van der Waals surface area contributed by atoms with Crippen molar-refractivity contribution >= 4 is 27.8 Å². The second kappa shape index (κ2) is 4.01. The van der Waals surface area contributed by atoms with E-state index in [0.29, 0.717) is 17.3 Å². The third-order valence-corrected chi connectivity index (χ3v) is 3.13. The zero-order chi connectivity index (χ0) is 13.6. The Hall–Kier alpha value is -2.50. The van der Waals surface area contributed by atoms with Gasteiger partial charge >= 0.3 is 0 Å². The standard InChI is InChI=1S/C13H14N4O2/c1-17-13-9(12(14)16-17)5-7-4-8(18-2)6-10(19-3)11(7)15-13/h4-6H,1-3H3,(H2,14,16). The average Bonchev–Trinajstić information content (AvgIpc) is 2.70. The molecule has 0 aliphatic heterocycles. The molecule has 0 radical (unpaired) electrons. The number of hydrogen-bond acceptors (Lipinski definition) is 5. The van der Waals surface area contributed by atoms with Crippen molar-refractivity contribution in [2.75, 3.05) is 20.0 Å². The Bertz CT molecular complexity index is 779. The molecule has 0 unspecified atom stereocenters. The number of methoxy groups -OCH3 is 2. The smallest absolute Gasteiger partial charge is 0.160 e. The number of anilines is 1. The lowest BCUT2D eigenvalue weighted by molar-refractivity contribution is 0.397. The van der Waals surface area contributed by atoms with Crippen molar-refractivity contribution in [3.63, 3.8) is 0 Å². The van der Waals surface area contributed by atoms with E-state index >= 15 is 0 Å². The van der Waals surface area contributed by atoms with E-state index in [0.717, 1.165) is 21.9 Å². The van der Waals surface area contributed by atoms with Crippen LogP contribution in [0.2, 0.25) is 0 Å². The average molecular weight is 258 g/mol. The summed E-state index contributed by atoms with van der Waals surface area (Å²) in [7, 11) is 5.04. The number of rotatable bonds is 2. The summed E-state index contributed by atoms with van der Waals surface area (Å²) in [5.41, 5.74) is 7.37. The maximum Gasteiger partial charge on any atom is 0.160 e. The zero-order valence-electron chi connectivity index (χ0n) is 11.0. The molecule has 0 aliphatic carbocycles. The molecule has 19 heavy (non-hydrogen) atoms. The van der Waals surface area contributed by atoms with Gasteiger partial charge in [-0.2, -0.15) is 5.10 Å². The normalized spacial score (nSPS) is 11.1. The van der Waals surface area contributed by atoms with Crippen LogP contribution < -0.4 is 15.2 Å². The fourth-order valence-electron chi connectivity index (χ4n) is 2.19. The molecule has 0 bridgehead atoms. The summed E-state index contributed by atoms with van der Waals surface area (Å²) < 4.78 is 12.3.